The first kappa shape index (κ1) is 17.1. The van der Waals surface area contributed by atoms with Gasteiger partial charge in [0.15, 0.2) is 0 Å². The molecule has 3 unspecified atom stereocenters. The van der Waals surface area contributed by atoms with E-state index in [1.807, 2.05) is 0 Å². The maximum atomic E-state index is 14.5. The van der Waals surface area contributed by atoms with E-state index in [9.17, 15) is 13.6 Å². The topological polar surface area (TPSA) is 56.5 Å². The van der Waals surface area contributed by atoms with Crippen molar-refractivity contribution in [1.29, 1.82) is 5.26 Å². The summed E-state index contributed by atoms with van der Waals surface area (Å²) < 4.78 is 27.9. The SMILES string of the molecule is N#Cc1ccc(C2=NC3C(c4ccc(F)cc4F)C(C4CC4)N3C(=O)C2)cc1. The first-order valence-corrected chi connectivity index (χ1v) is 9.40. The van der Waals surface area contributed by atoms with Gasteiger partial charge in [-0.15, -0.1) is 0 Å². The highest BCUT2D eigenvalue weighted by Gasteiger charge is 2.58. The molecule has 2 fully saturated rings. The van der Waals surface area contributed by atoms with Gasteiger partial charge in [0.1, 0.15) is 17.8 Å². The van der Waals surface area contributed by atoms with E-state index < -0.39 is 17.8 Å². The lowest BCUT2D eigenvalue weighted by Gasteiger charge is -2.55. The first-order chi connectivity index (χ1) is 13.6. The zero-order chi connectivity index (χ0) is 19.4. The van der Waals surface area contributed by atoms with Gasteiger partial charge in [-0.25, -0.2) is 8.78 Å². The fourth-order valence-corrected chi connectivity index (χ4v) is 4.48. The summed E-state index contributed by atoms with van der Waals surface area (Å²) in [4.78, 5) is 19.4. The summed E-state index contributed by atoms with van der Waals surface area (Å²) >= 11 is 0. The maximum Gasteiger partial charge on any atom is 0.230 e. The molecule has 1 saturated heterocycles. The van der Waals surface area contributed by atoms with Crippen LogP contribution in [0, 0.1) is 28.9 Å². The minimum atomic E-state index is -0.609. The predicted molar refractivity (Wildman–Crippen MR) is 98.6 cm³/mol. The summed E-state index contributed by atoms with van der Waals surface area (Å²) in [7, 11) is 0. The molecule has 5 rings (SSSR count). The number of halogens is 2. The Morgan fingerprint density at radius 3 is 2.50 bits per heavy atom. The fraction of sp³-hybridized carbons (Fsp3) is 0.318. The quantitative estimate of drug-likeness (QED) is 0.818. The molecule has 2 aliphatic heterocycles. The zero-order valence-corrected chi connectivity index (χ0v) is 15.0. The molecule has 6 heteroatoms. The monoisotopic (exact) mass is 377 g/mol. The van der Waals surface area contributed by atoms with Crippen molar-refractivity contribution in [3.8, 4) is 6.07 Å². The normalized spacial score (nSPS) is 26.2. The van der Waals surface area contributed by atoms with Crippen molar-refractivity contribution in [1.82, 2.24) is 4.90 Å². The van der Waals surface area contributed by atoms with E-state index in [4.69, 9.17) is 10.3 Å². The first-order valence-electron chi connectivity index (χ1n) is 9.40. The van der Waals surface area contributed by atoms with Crippen molar-refractivity contribution in [2.75, 3.05) is 0 Å². The van der Waals surface area contributed by atoms with Crippen LogP contribution in [-0.4, -0.2) is 28.7 Å². The highest BCUT2D eigenvalue weighted by Crippen LogP contribution is 2.53. The Morgan fingerprint density at radius 2 is 1.86 bits per heavy atom. The van der Waals surface area contributed by atoms with Gasteiger partial charge in [-0.2, -0.15) is 5.26 Å². The Morgan fingerprint density at radius 1 is 1.11 bits per heavy atom. The van der Waals surface area contributed by atoms with Crippen LogP contribution in [0.2, 0.25) is 0 Å². The van der Waals surface area contributed by atoms with Gasteiger partial charge in [0.2, 0.25) is 5.91 Å². The molecular formula is C22H17F2N3O. The second-order valence-corrected chi connectivity index (χ2v) is 7.68. The molecule has 2 aromatic carbocycles. The minimum Gasteiger partial charge on any atom is -0.315 e. The number of fused-ring (bicyclic) bond motifs is 1. The van der Waals surface area contributed by atoms with Gasteiger partial charge in [0.25, 0.3) is 0 Å². The summed E-state index contributed by atoms with van der Waals surface area (Å²) in [5, 5.41) is 8.96. The van der Waals surface area contributed by atoms with Crippen LogP contribution >= 0.6 is 0 Å². The van der Waals surface area contributed by atoms with E-state index in [1.54, 1.807) is 29.2 Å². The summed E-state index contributed by atoms with van der Waals surface area (Å²) in [5.41, 5.74) is 2.41. The zero-order valence-electron chi connectivity index (χ0n) is 15.0. The van der Waals surface area contributed by atoms with Gasteiger partial charge < -0.3 is 4.90 Å². The lowest BCUT2D eigenvalue weighted by Crippen LogP contribution is -2.66. The highest BCUT2D eigenvalue weighted by atomic mass is 19.1. The predicted octanol–water partition coefficient (Wildman–Crippen LogP) is 3.76. The second-order valence-electron chi connectivity index (χ2n) is 7.68. The Labute approximate surface area is 161 Å². The fourth-order valence-electron chi connectivity index (χ4n) is 4.48. The molecular weight excluding hydrogens is 360 g/mol. The van der Waals surface area contributed by atoms with Gasteiger partial charge >= 0.3 is 0 Å². The molecule has 0 spiro atoms. The number of benzene rings is 2. The third kappa shape index (κ3) is 2.62. The van der Waals surface area contributed by atoms with E-state index in [0.717, 1.165) is 24.5 Å². The molecule has 2 aromatic rings. The average molecular weight is 377 g/mol. The molecule has 1 amide bonds. The third-order valence-corrected chi connectivity index (χ3v) is 5.96. The molecule has 1 aliphatic carbocycles. The molecule has 0 radical (unpaired) electrons. The highest BCUT2D eigenvalue weighted by molar-refractivity contribution is 6.12. The standard InChI is InChI=1S/C22H17F2N3O/c23-15-7-8-16(17(24)9-15)20-21(14-5-6-14)27-19(28)10-18(26-22(20)27)13-3-1-12(11-25)2-4-13/h1-4,7-9,14,20-22H,5-6,10H2. The van der Waals surface area contributed by atoms with Crippen LogP contribution in [0.3, 0.4) is 0 Å². The lowest BCUT2D eigenvalue weighted by molar-refractivity contribution is -0.148. The van der Waals surface area contributed by atoms with Crippen molar-refractivity contribution < 1.29 is 13.6 Å². The van der Waals surface area contributed by atoms with Crippen molar-refractivity contribution in [2.45, 2.75) is 37.4 Å². The average Bonchev–Trinajstić information content (AvgIpc) is 3.50. The minimum absolute atomic E-state index is 0.00460. The number of nitrogens with zero attached hydrogens (tertiary/aromatic N) is 3. The molecule has 0 aromatic heterocycles. The van der Waals surface area contributed by atoms with Crippen molar-refractivity contribution in [3.63, 3.8) is 0 Å². The molecule has 4 nitrogen and oxygen atoms in total. The molecule has 3 aliphatic rings. The van der Waals surface area contributed by atoms with Crippen LogP contribution in [0.5, 0.6) is 0 Å². The smallest absolute Gasteiger partial charge is 0.230 e. The summed E-state index contributed by atoms with van der Waals surface area (Å²) in [5.74, 6) is -1.09. The number of hydrogen-bond acceptors (Lipinski definition) is 3. The van der Waals surface area contributed by atoms with Gasteiger partial charge in [-0.3, -0.25) is 9.79 Å². The van der Waals surface area contributed by atoms with Crippen LogP contribution in [0.15, 0.2) is 47.5 Å². The molecule has 1 saturated carbocycles. The summed E-state index contributed by atoms with van der Waals surface area (Å²) in [6.45, 7) is 0. The second kappa shape index (κ2) is 6.23. The maximum absolute atomic E-state index is 14.5. The van der Waals surface area contributed by atoms with Gasteiger partial charge in [-0.05, 0) is 48.1 Å². The molecule has 0 bridgehead atoms. The Bertz CT molecular complexity index is 1040. The van der Waals surface area contributed by atoms with Crippen LogP contribution in [0.25, 0.3) is 0 Å². The van der Waals surface area contributed by atoms with Crippen LogP contribution < -0.4 is 0 Å². The van der Waals surface area contributed by atoms with Crippen molar-refractivity contribution >= 4 is 11.6 Å². The Balaban J connectivity index is 1.54. The van der Waals surface area contributed by atoms with Gasteiger partial charge in [0.05, 0.1) is 23.8 Å². The number of rotatable bonds is 3. The van der Waals surface area contributed by atoms with Crippen molar-refractivity contribution in [2.24, 2.45) is 10.9 Å². The van der Waals surface area contributed by atoms with Gasteiger partial charge in [-0.1, -0.05) is 18.2 Å². The molecule has 2 heterocycles. The van der Waals surface area contributed by atoms with Crippen LogP contribution in [-0.2, 0) is 4.79 Å². The van der Waals surface area contributed by atoms with Crippen molar-refractivity contribution in [3.05, 3.63) is 70.8 Å². The Kier molecular flexibility index (Phi) is 3.80. The van der Waals surface area contributed by atoms with E-state index >= 15 is 0 Å². The van der Waals surface area contributed by atoms with E-state index in [1.165, 1.54) is 12.1 Å². The van der Waals surface area contributed by atoms with Crippen LogP contribution in [0.1, 0.15) is 41.9 Å². The largest absolute Gasteiger partial charge is 0.315 e. The number of carbonyl (C=O) groups excluding carboxylic acids is 1. The number of hydrogen-bond donors (Lipinski definition) is 0. The van der Waals surface area contributed by atoms with Gasteiger partial charge in [0, 0.05) is 18.0 Å². The number of aliphatic imine (C=N–C) groups is 1. The number of nitriles is 1. The van der Waals surface area contributed by atoms with E-state index in [-0.39, 0.29) is 24.3 Å². The third-order valence-electron chi connectivity index (χ3n) is 5.96. The molecule has 140 valence electrons. The summed E-state index contributed by atoms with van der Waals surface area (Å²) in [6, 6.07) is 12.6. The number of amides is 1. The Hall–Kier alpha value is -3.07. The molecule has 0 N–H and O–H groups in total. The lowest BCUT2D eigenvalue weighted by atomic mass is 9.75. The van der Waals surface area contributed by atoms with E-state index in [0.29, 0.717) is 22.8 Å². The summed E-state index contributed by atoms with van der Waals surface area (Å²) in [6.07, 6.45) is 1.78. The number of carbonyl (C=O) groups is 1. The molecule has 28 heavy (non-hydrogen) atoms. The van der Waals surface area contributed by atoms with Crippen LogP contribution in [0.4, 0.5) is 8.78 Å². The van der Waals surface area contributed by atoms with E-state index in [2.05, 4.69) is 6.07 Å². The molecule has 3 atom stereocenters.